The number of ether oxygens (including phenoxy) is 1. The van der Waals surface area contributed by atoms with Gasteiger partial charge in [0.2, 0.25) is 0 Å². The molecular weight excluding hydrogens is 154 g/mol. The Hall–Kier alpha value is -0.570. The van der Waals surface area contributed by atoms with Crippen molar-refractivity contribution in [2.45, 2.75) is 25.3 Å². The fourth-order valence-corrected chi connectivity index (χ4v) is 2.82. The van der Waals surface area contributed by atoms with Gasteiger partial charge in [-0.25, -0.2) is 0 Å². The lowest BCUT2D eigenvalue weighted by molar-refractivity contribution is -0.147. The van der Waals surface area contributed by atoms with E-state index in [0.29, 0.717) is 11.8 Å². The molecular formula is C9H15NO2. The largest absolute Gasteiger partial charge is 0.469 e. The second-order valence-corrected chi connectivity index (χ2v) is 3.96. The molecule has 0 aromatic heterocycles. The number of esters is 1. The van der Waals surface area contributed by atoms with E-state index in [2.05, 4.69) is 0 Å². The van der Waals surface area contributed by atoms with Gasteiger partial charge >= 0.3 is 5.97 Å². The van der Waals surface area contributed by atoms with E-state index in [1.165, 1.54) is 13.5 Å². The topological polar surface area (TPSA) is 52.3 Å². The molecule has 3 heteroatoms. The first-order valence-electron chi connectivity index (χ1n) is 4.57. The highest BCUT2D eigenvalue weighted by atomic mass is 16.5. The molecule has 2 rings (SSSR count). The van der Waals surface area contributed by atoms with Crippen LogP contribution < -0.4 is 5.73 Å². The Morgan fingerprint density at radius 3 is 2.58 bits per heavy atom. The molecule has 0 spiro atoms. The van der Waals surface area contributed by atoms with Crippen LogP contribution in [0.4, 0.5) is 0 Å². The molecule has 2 bridgehead atoms. The zero-order valence-corrected chi connectivity index (χ0v) is 7.32. The van der Waals surface area contributed by atoms with E-state index < -0.39 is 0 Å². The van der Waals surface area contributed by atoms with Gasteiger partial charge in [-0.2, -0.15) is 0 Å². The molecule has 0 saturated heterocycles. The van der Waals surface area contributed by atoms with Gasteiger partial charge in [0.1, 0.15) is 0 Å². The Morgan fingerprint density at radius 2 is 2.08 bits per heavy atom. The maximum absolute atomic E-state index is 11.3. The molecule has 2 fully saturated rings. The number of hydrogen-bond acceptors (Lipinski definition) is 3. The third-order valence-corrected chi connectivity index (χ3v) is 3.45. The second kappa shape index (κ2) is 2.73. The summed E-state index contributed by atoms with van der Waals surface area (Å²) in [6, 6.07) is 0.0659. The molecule has 3 nitrogen and oxygen atoms in total. The summed E-state index contributed by atoms with van der Waals surface area (Å²) < 4.78 is 4.74. The molecule has 0 amide bonds. The molecule has 12 heavy (non-hydrogen) atoms. The minimum atomic E-state index is -0.102. The molecule has 2 saturated carbocycles. The normalized spacial score (nSPS) is 44.8. The van der Waals surface area contributed by atoms with Gasteiger partial charge < -0.3 is 10.5 Å². The van der Waals surface area contributed by atoms with Gasteiger partial charge in [0.05, 0.1) is 13.0 Å². The molecule has 2 unspecified atom stereocenters. The van der Waals surface area contributed by atoms with Crippen molar-refractivity contribution in [3.63, 3.8) is 0 Å². The Morgan fingerprint density at radius 1 is 1.42 bits per heavy atom. The smallest absolute Gasteiger partial charge is 0.310 e. The zero-order chi connectivity index (χ0) is 8.72. The first-order valence-corrected chi connectivity index (χ1v) is 4.57. The Balaban J connectivity index is 2.12. The minimum Gasteiger partial charge on any atom is -0.469 e. The lowest BCUT2D eigenvalue weighted by atomic mass is 9.85. The maximum atomic E-state index is 11.3. The van der Waals surface area contributed by atoms with Crippen molar-refractivity contribution in [1.29, 1.82) is 0 Å². The molecule has 0 aliphatic heterocycles. The van der Waals surface area contributed by atoms with E-state index in [-0.39, 0.29) is 17.9 Å². The second-order valence-electron chi connectivity index (χ2n) is 3.96. The van der Waals surface area contributed by atoms with Crippen molar-refractivity contribution in [3.8, 4) is 0 Å². The summed E-state index contributed by atoms with van der Waals surface area (Å²) in [6.45, 7) is 0. The number of hydrogen-bond donors (Lipinski definition) is 1. The molecule has 0 radical (unpaired) electrons. The fraction of sp³-hybridized carbons (Fsp3) is 0.889. The molecule has 2 aliphatic carbocycles. The van der Waals surface area contributed by atoms with Gasteiger partial charge in [0.15, 0.2) is 0 Å². The van der Waals surface area contributed by atoms with Crippen molar-refractivity contribution in [2.75, 3.05) is 7.11 Å². The molecule has 2 N–H and O–H groups in total. The van der Waals surface area contributed by atoms with Crippen molar-refractivity contribution in [1.82, 2.24) is 0 Å². The van der Waals surface area contributed by atoms with E-state index in [0.717, 1.165) is 12.8 Å². The van der Waals surface area contributed by atoms with Gasteiger partial charge in [-0.15, -0.1) is 0 Å². The van der Waals surface area contributed by atoms with Gasteiger partial charge in [0, 0.05) is 6.04 Å². The highest BCUT2D eigenvalue weighted by Crippen LogP contribution is 2.47. The number of fused-ring (bicyclic) bond motifs is 2. The third kappa shape index (κ3) is 0.959. The van der Waals surface area contributed by atoms with Crippen LogP contribution in [0.5, 0.6) is 0 Å². The highest BCUT2D eigenvalue weighted by molar-refractivity contribution is 5.74. The maximum Gasteiger partial charge on any atom is 0.310 e. The number of rotatable bonds is 1. The first-order chi connectivity index (χ1) is 5.74. The van der Waals surface area contributed by atoms with Crippen molar-refractivity contribution in [3.05, 3.63) is 0 Å². The lowest BCUT2D eigenvalue weighted by Gasteiger charge is -2.25. The highest BCUT2D eigenvalue weighted by Gasteiger charge is 2.49. The summed E-state index contributed by atoms with van der Waals surface area (Å²) in [5.74, 6) is 0.986. The van der Waals surface area contributed by atoms with Crippen LogP contribution in [0.3, 0.4) is 0 Å². The average molecular weight is 169 g/mol. The lowest BCUT2D eigenvalue weighted by Crippen LogP contribution is -2.40. The monoisotopic (exact) mass is 169 g/mol. The van der Waals surface area contributed by atoms with Crippen LogP contribution in [-0.2, 0) is 9.53 Å². The number of methoxy groups -OCH3 is 1. The van der Waals surface area contributed by atoms with E-state index in [4.69, 9.17) is 10.5 Å². The number of nitrogens with two attached hydrogens (primary N) is 1. The number of carbonyl (C=O) groups is 1. The van der Waals surface area contributed by atoms with E-state index >= 15 is 0 Å². The summed E-state index contributed by atoms with van der Waals surface area (Å²) in [4.78, 5) is 11.3. The summed E-state index contributed by atoms with van der Waals surface area (Å²) in [6.07, 6.45) is 3.51. The van der Waals surface area contributed by atoms with Crippen LogP contribution in [0.15, 0.2) is 0 Å². The number of carbonyl (C=O) groups excluding carboxylic acids is 1. The summed E-state index contributed by atoms with van der Waals surface area (Å²) in [5, 5.41) is 0. The first kappa shape index (κ1) is 8.05. The van der Waals surface area contributed by atoms with Crippen LogP contribution in [-0.4, -0.2) is 19.1 Å². The minimum absolute atomic E-state index is 0.00579. The van der Waals surface area contributed by atoms with E-state index in [1.807, 2.05) is 0 Å². The summed E-state index contributed by atoms with van der Waals surface area (Å²) >= 11 is 0. The van der Waals surface area contributed by atoms with Crippen LogP contribution in [0.2, 0.25) is 0 Å². The average Bonchev–Trinajstić information content (AvgIpc) is 2.63. The van der Waals surface area contributed by atoms with Crippen molar-refractivity contribution in [2.24, 2.45) is 23.5 Å². The Bertz CT molecular complexity index is 203. The summed E-state index contributed by atoms with van der Waals surface area (Å²) in [5.41, 5.74) is 5.94. The molecule has 68 valence electrons. The molecule has 0 aromatic carbocycles. The van der Waals surface area contributed by atoms with Crippen LogP contribution in [0, 0.1) is 17.8 Å². The van der Waals surface area contributed by atoms with Crippen LogP contribution in [0.25, 0.3) is 0 Å². The quantitative estimate of drug-likeness (QED) is 0.583. The summed E-state index contributed by atoms with van der Waals surface area (Å²) in [7, 11) is 1.45. The van der Waals surface area contributed by atoms with Gasteiger partial charge in [0.25, 0.3) is 0 Å². The SMILES string of the molecule is COC(=O)[C@@H]1C2CCC(C2)[C@H]1N. The fourth-order valence-electron chi connectivity index (χ4n) is 2.82. The predicted molar refractivity (Wildman–Crippen MR) is 44.3 cm³/mol. The predicted octanol–water partition coefficient (Wildman–Crippen LogP) is 0.533. The van der Waals surface area contributed by atoms with E-state index in [9.17, 15) is 4.79 Å². The van der Waals surface area contributed by atoms with Crippen LogP contribution >= 0.6 is 0 Å². The molecule has 0 heterocycles. The van der Waals surface area contributed by atoms with Crippen molar-refractivity contribution < 1.29 is 9.53 Å². The Kier molecular flexibility index (Phi) is 1.83. The van der Waals surface area contributed by atoms with Crippen molar-refractivity contribution >= 4 is 5.97 Å². The molecule has 2 aliphatic rings. The molecule has 0 aromatic rings. The Labute approximate surface area is 72.3 Å². The van der Waals surface area contributed by atoms with Gasteiger partial charge in [-0.05, 0) is 31.1 Å². The molecule has 4 atom stereocenters. The zero-order valence-electron chi connectivity index (χ0n) is 7.32. The van der Waals surface area contributed by atoms with Crippen LogP contribution in [0.1, 0.15) is 19.3 Å². The van der Waals surface area contributed by atoms with E-state index in [1.54, 1.807) is 0 Å². The van der Waals surface area contributed by atoms with Gasteiger partial charge in [-0.1, -0.05) is 0 Å². The van der Waals surface area contributed by atoms with Gasteiger partial charge in [-0.3, -0.25) is 4.79 Å². The third-order valence-electron chi connectivity index (χ3n) is 3.45. The standard InChI is InChI=1S/C9H15NO2/c1-12-9(11)7-5-2-3-6(4-5)8(7)10/h5-8H,2-4,10H2,1H3/t5?,6?,7-,8-/m1/s1.